The van der Waals surface area contributed by atoms with Crippen LogP contribution in [-0.2, 0) is 0 Å². The van der Waals surface area contributed by atoms with Crippen LogP contribution in [-0.4, -0.2) is 55.4 Å². The van der Waals surface area contributed by atoms with Crippen molar-refractivity contribution >= 4 is 11.4 Å². The van der Waals surface area contributed by atoms with Gasteiger partial charge in [-0.2, -0.15) is 0 Å². The first-order valence-corrected chi connectivity index (χ1v) is 7.78. The summed E-state index contributed by atoms with van der Waals surface area (Å²) in [5, 5.41) is 9.67. The number of anilines is 2. The summed E-state index contributed by atoms with van der Waals surface area (Å²) in [6.07, 6.45) is 3.11. The number of hydrogen-bond donors (Lipinski definition) is 2. The molecule has 0 spiro atoms. The zero-order valence-corrected chi connectivity index (χ0v) is 12.7. The Hall–Kier alpha value is -1.46. The van der Waals surface area contributed by atoms with E-state index >= 15 is 0 Å². The van der Waals surface area contributed by atoms with Crippen LogP contribution in [0.1, 0.15) is 19.3 Å². The zero-order chi connectivity index (χ0) is 14.8. The van der Waals surface area contributed by atoms with Gasteiger partial charge in [0, 0.05) is 44.0 Å². The van der Waals surface area contributed by atoms with Gasteiger partial charge in [-0.05, 0) is 31.4 Å². The number of likely N-dealkylation sites (tertiary alicyclic amines) is 1. The molecule has 0 bridgehead atoms. The SMILES string of the molecule is COc1cc(N2CCC(N3CCC(O)C3)CC2)ccc1N. The van der Waals surface area contributed by atoms with Crippen molar-refractivity contribution in [3.8, 4) is 5.75 Å². The molecule has 0 amide bonds. The van der Waals surface area contributed by atoms with Gasteiger partial charge in [-0.3, -0.25) is 4.90 Å². The molecule has 0 saturated carbocycles. The van der Waals surface area contributed by atoms with E-state index in [2.05, 4.69) is 15.9 Å². The molecule has 3 rings (SSSR count). The zero-order valence-electron chi connectivity index (χ0n) is 12.7. The van der Waals surface area contributed by atoms with Gasteiger partial charge >= 0.3 is 0 Å². The van der Waals surface area contributed by atoms with E-state index in [1.54, 1.807) is 7.11 Å². The van der Waals surface area contributed by atoms with E-state index in [0.29, 0.717) is 11.7 Å². The molecule has 2 heterocycles. The quantitative estimate of drug-likeness (QED) is 0.822. The Morgan fingerprint density at radius 3 is 2.57 bits per heavy atom. The van der Waals surface area contributed by atoms with Gasteiger partial charge in [-0.1, -0.05) is 0 Å². The fraction of sp³-hybridized carbons (Fsp3) is 0.625. The minimum atomic E-state index is -0.121. The van der Waals surface area contributed by atoms with Crippen LogP contribution in [0.3, 0.4) is 0 Å². The molecule has 5 heteroatoms. The van der Waals surface area contributed by atoms with Gasteiger partial charge in [0.25, 0.3) is 0 Å². The summed E-state index contributed by atoms with van der Waals surface area (Å²) in [7, 11) is 1.65. The van der Waals surface area contributed by atoms with Crippen molar-refractivity contribution < 1.29 is 9.84 Å². The average molecular weight is 291 g/mol. The number of aliphatic hydroxyl groups is 1. The highest BCUT2D eigenvalue weighted by Crippen LogP contribution is 2.30. The van der Waals surface area contributed by atoms with Gasteiger partial charge in [-0.15, -0.1) is 0 Å². The third-order valence-corrected chi connectivity index (χ3v) is 4.76. The molecule has 5 nitrogen and oxygen atoms in total. The molecule has 0 aliphatic carbocycles. The lowest BCUT2D eigenvalue weighted by atomic mass is 10.0. The van der Waals surface area contributed by atoms with Crippen LogP contribution >= 0.6 is 0 Å². The van der Waals surface area contributed by atoms with Crippen LogP contribution in [0.4, 0.5) is 11.4 Å². The molecule has 1 aromatic carbocycles. The van der Waals surface area contributed by atoms with Crippen molar-refractivity contribution in [1.29, 1.82) is 0 Å². The molecule has 21 heavy (non-hydrogen) atoms. The maximum atomic E-state index is 9.67. The monoisotopic (exact) mass is 291 g/mol. The Morgan fingerprint density at radius 2 is 1.95 bits per heavy atom. The highest BCUT2D eigenvalue weighted by molar-refractivity contribution is 5.62. The Kier molecular flexibility index (Phi) is 4.22. The second-order valence-electron chi connectivity index (χ2n) is 6.08. The lowest BCUT2D eigenvalue weighted by Gasteiger charge is -2.38. The molecule has 2 saturated heterocycles. The number of piperidine rings is 1. The van der Waals surface area contributed by atoms with E-state index in [0.717, 1.165) is 51.2 Å². The number of methoxy groups -OCH3 is 1. The third kappa shape index (κ3) is 3.09. The molecule has 1 aromatic rings. The second kappa shape index (κ2) is 6.12. The highest BCUT2D eigenvalue weighted by Gasteiger charge is 2.29. The average Bonchev–Trinajstić information content (AvgIpc) is 2.94. The largest absolute Gasteiger partial charge is 0.495 e. The van der Waals surface area contributed by atoms with Crippen LogP contribution in [0, 0.1) is 0 Å². The Morgan fingerprint density at radius 1 is 1.19 bits per heavy atom. The van der Waals surface area contributed by atoms with E-state index in [9.17, 15) is 5.11 Å². The van der Waals surface area contributed by atoms with Crippen molar-refractivity contribution in [3.63, 3.8) is 0 Å². The molecule has 3 N–H and O–H groups in total. The molecule has 0 radical (unpaired) electrons. The van der Waals surface area contributed by atoms with Crippen molar-refractivity contribution in [2.24, 2.45) is 0 Å². The number of ether oxygens (including phenoxy) is 1. The molecule has 2 aliphatic heterocycles. The molecular weight excluding hydrogens is 266 g/mol. The summed E-state index contributed by atoms with van der Waals surface area (Å²) in [6.45, 7) is 3.98. The van der Waals surface area contributed by atoms with Gasteiger partial charge in [0.05, 0.1) is 18.9 Å². The topological polar surface area (TPSA) is 62.0 Å². The first-order valence-electron chi connectivity index (χ1n) is 7.78. The van der Waals surface area contributed by atoms with Gasteiger partial charge in [0.1, 0.15) is 5.75 Å². The number of β-amino-alcohol motifs (C(OH)–C–C–N with tert-alkyl or cyclic N) is 1. The summed E-state index contributed by atoms with van der Waals surface area (Å²) >= 11 is 0. The molecule has 1 atom stereocenters. The predicted molar refractivity (Wildman–Crippen MR) is 84.8 cm³/mol. The number of hydrogen-bond acceptors (Lipinski definition) is 5. The minimum Gasteiger partial charge on any atom is -0.495 e. The number of aliphatic hydroxyl groups excluding tert-OH is 1. The van der Waals surface area contributed by atoms with Gasteiger partial charge in [0.15, 0.2) is 0 Å². The number of benzene rings is 1. The molecule has 0 aromatic heterocycles. The van der Waals surface area contributed by atoms with Crippen molar-refractivity contribution in [2.75, 3.05) is 43.9 Å². The van der Waals surface area contributed by atoms with Crippen LogP contribution < -0.4 is 15.4 Å². The minimum absolute atomic E-state index is 0.121. The maximum absolute atomic E-state index is 9.67. The molecule has 2 fully saturated rings. The standard InChI is InChI=1S/C16H25N3O2/c1-21-16-10-13(2-3-15(16)17)18-7-4-12(5-8-18)19-9-6-14(20)11-19/h2-3,10,12,14,20H,4-9,11,17H2,1H3. The summed E-state index contributed by atoms with van der Waals surface area (Å²) in [5.41, 5.74) is 7.74. The summed E-state index contributed by atoms with van der Waals surface area (Å²) in [5.74, 6) is 0.747. The third-order valence-electron chi connectivity index (χ3n) is 4.76. The number of nitrogen functional groups attached to an aromatic ring is 1. The number of nitrogens with zero attached hydrogens (tertiary/aromatic N) is 2. The van der Waals surface area contributed by atoms with Crippen molar-refractivity contribution in [3.05, 3.63) is 18.2 Å². The summed E-state index contributed by atoms with van der Waals surface area (Å²) < 4.78 is 5.30. The Labute approximate surface area is 126 Å². The van der Waals surface area contributed by atoms with Crippen LogP contribution in [0.2, 0.25) is 0 Å². The summed E-state index contributed by atoms with van der Waals surface area (Å²) in [6, 6.07) is 6.62. The van der Waals surface area contributed by atoms with Crippen molar-refractivity contribution in [1.82, 2.24) is 4.90 Å². The molecule has 2 aliphatic rings. The van der Waals surface area contributed by atoms with E-state index < -0.39 is 0 Å². The summed E-state index contributed by atoms with van der Waals surface area (Å²) in [4.78, 5) is 4.84. The van der Waals surface area contributed by atoms with Gasteiger partial charge in [-0.25, -0.2) is 0 Å². The van der Waals surface area contributed by atoms with Gasteiger partial charge < -0.3 is 20.5 Å². The lowest BCUT2D eigenvalue weighted by Crippen LogP contribution is -2.44. The lowest BCUT2D eigenvalue weighted by molar-refractivity contribution is 0.148. The fourth-order valence-electron chi connectivity index (χ4n) is 3.49. The first-order chi connectivity index (χ1) is 10.2. The molecule has 116 valence electrons. The maximum Gasteiger partial charge on any atom is 0.143 e. The fourth-order valence-corrected chi connectivity index (χ4v) is 3.49. The predicted octanol–water partition coefficient (Wildman–Crippen LogP) is 1.31. The van der Waals surface area contributed by atoms with Crippen LogP contribution in [0.15, 0.2) is 18.2 Å². The Balaban J connectivity index is 1.60. The highest BCUT2D eigenvalue weighted by atomic mass is 16.5. The molecule has 1 unspecified atom stereocenters. The smallest absolute Gasteiger partial charge is 0.143 e. The van der Waals surface area contributed by atoms with E-state index in [4.69, 9.17) is 10.5 Å². The number of rotatable bonds is 3. The van der Waals surface area contributed by atoms with Gasteiger partial charge in [0.2, 0.25) is 0 Å². The van der Waals surface area contributed by atoms with E-state index in [1.165, 1.54) is 5.69 Å². The first kappa shape index (κ1) is 14.5. The Bertz CT molecular complexity index is 486. The second-order valence-corrected chi connectivity index (χ2v) is 6.08. The number of nitrogens with two attached hydrogens (primary N) is 1. The van der Waals surface area contributed by atoms with E-state index in [-0.39, 0.29) is 6.10 Å². The van der Waals surface area contributed by atoms with Crippen LogP contribution in [0.5, 0.6) is 5.75 Å². The van der Waals surface area contributed by atoms with Crippen molar-refractivity contribution in [2.45, 2.75) is 31.4 Å². The van der Waals surface area contributed by atoms with Crippen LogP contribution in [0.25, 0.3) is 0 Å². The molecular formula is C16H25N3O2. The van der Waals surface area contributed by atoms with E-state index in [1.807, 2.05) is 12.1 Å². The normalized spacial score (nSPS) is 24.5.